The van der Waals surface area contributed by atoms with Gasteiger partial charge in [-0.15, -0.1) is 0 Å². The van der Waals surface area contributed by atoms with Crippen molar-refractivity contribution >= 4 is 0 Å². The lowest BCUT2D eigenvalue weighted by Gasteiger charge is -2.13. The number of hydrogen-bond acceptors (Lipinski definition) is 0. The minimum Gasteiger partial charge on any atom is -0.312 e. The van der Waals surface area contributed by atoms with Gasteiger partial charge in [0, 0.05) is 12.8 Å². The molecule has 0 radical (unpaired) electrons. The summed E-state index contributed by atoms with van der Waals surface area (Å²) >= 11 is 0. The maximum Gasteiger partial charge on any atom is 0.139 e. The molecule has 0 aromatic heterocycles. The van der Waals surface area contributed by atoms with Gasteiger partial charge in [0.25, 0.3) is 0 Å². The molecular formula is C8H16N+. The highest BCUT2D eigenvalue weighted by atomic mass is 15.5. The smallest absolute Gasteiger partial charge is 0.139 e. The molecule has 1 nitrogen and oxygen atoms in total. The normalized spacial score (nSPS) is 47.0. The summed E-state index contributed by atoms with van der Waals surface area (Å²) in [5.41, 5.74) is 0. The van der Waals surface area contributed by atoms with Crippen LogP contribution in [0.15, 0.2) is 0 Å². The maximum absolute atomic E-state index is 2.31. The first-order chi connectivity index (χ1) is 4.37. The Balaban J connectivity index is 1.95. The number of hydrogen-bond donors (Lipinski definition) is 0. The molecule has 2 unspecified atom stereocenters. The van der Waals surface area contributed by atoms with Crippen LogP contribution in [0.5, 0.6) is 0 Å². The number of piperidine rings is 1. The summed E-state index contributed by atoms with van der Waals surface area (Å²) in [6.07, 6.45) is 4.42. The van der Waals surface area contributed by atoms with Gasteiger partial charge in [-0.2, -0.15) is 0 Å². The van der Waals surface area contributed by atoms with E-state index in [2.05, 4.69) is 6.92 Å². The fraction of sp³-hybridized carbons (Fsp3) is 1.00. The van der Waals surface area contributed by atoms with Crippen molar-refractivity contribution in [3.05, 3.63) is 0 Å². The Hall–Kier alpha value is -0.0400. The van der Waals surface area contributed by atoms with Crippen LogP contribution < -0.4 is 0 Å². The van der Waals surface area contributed by atoms with E-state index < -0.39 is 0 Å². The number of nitrogens with zero attached hydrogens (tertiary/aromatic N) is 1. The third-order valence-corrected chi connectivity index (χ3v) is 3.03. The molecule has 2 aliphatic heterocycles. The van der Waals surface area contributed by atoms with Gasteiger partial charge in [-0.3, -0.25) is 0 Å². The van der Waals surface area contributed by atoms with Gasteiger partial charge >= 0.3 is 0 Å². The largest absolute Gasteiger partial charge is 0.312 e. The topological polar surface area (TPSA) is 0 Å². The Morgan fingerprint density at radius 1 is 1.56 bits per heavy atom. The van der Waals surface area contributed by atoms with E-state index in [1.54, 1.807) is 0 Å². The fourth-order valence-corrected chi connectivity index (χ4v) is 2.48. The predicted octanol–water partition coefficient (Wildman–Crippen LogP) is 1.39. The second kappa shape index (κ2) is 1.72. The van der Waals surface area contributed by atoms with Gasteiger partial charge in [-0.25, -0.2) is 0 Å². The molecule has 0 N–H and O–H groups in total. The number of fused-ring (bicyclic) bond motifs is 1. The first-order valence-corrected chi connectivity index (χ1v) is 4.23. The molecular weight excluding hydrogens is 110 g/mol. The van der Waals surface area contributed by atoms with Crippen LogP contribution >= 0.6 is 0 Å². The molecule has 2 heterocycles. The third-order valence-electron chi connectivity index (χ3n) is 3.03. The Kier molecular flexibility index (Phi) is 1.10. The van der Waals surface area contributed by atoms with E-state index in [0.29, 0.717) is 0 Å². The summed E-state index contributed by atoms with van der Waals surface area (Å²) in [7, 11) is 0. The molecule has 0 saturated carbocycles. The van der Waals surface area contributed by atoms with Crippen LogP contribution in [0, 0.1) is 0 Å². The monoisotopic (exact) mass is 126 g/mol. The zero-order chi connectivity index (χ0) is 6.32. The second-order valence-corrected chi connectivity index (χ2v) is 3.64. The number of quaternary nitrogens is 1. The average molecular weight is 126 g/mol. The standard InChI is InChI=1S/C8H16N/c1-2-5-9-6-3-4-8(9)7-9/h8H,2-7H2,1H3/q+1. The Morgan fingerprint density at radius 3 is 2.89 bits per heavy atom. The molecule has 0 spiro atoms. The minimum absolute atomic E-state index is 1.12. The van der Waals surface area contributed by atoms with Gasteiger partial charge in [-0.05, 0) is 6.42 Å². The van der Waals surface area contributed by atoms with Crippen molar-refractivity contribution < 1.29 is 4.48 Å². The molecule has 1 heteroatoms. The first kappa shape index (κ1) is 5.72. The van der Waals surface area contributed by atoms with Crippen molar-refractivity contribution in [3.63, 3.8) is 0 Å². The predicted molar refractivity (Wildman–Crippen MR) is 38.2 cm³/mol. The molecule has 0 aromatic carbocycles. The summed E-state index contributed by atoms with van der Waals surface area (Å²) in [6, 6.07) is 1.12. The van der Waals surface area contributed by atoms with Crippen LogP contribution in [0.1, 0.15) is 26.2 Å². The van der Waals surface area contributed by atoms with Crippen molar-refractivity contribution in [2.24, 2.45) is 0 Å². The Labute approximate surface area is 57.3 Å². The third kappa shape index (κ3) is 0.710. The van der Waals surface area contributed by atoms with E-state index in [9.17, 15) is 0 Å². The van der Waals surface area contributed by atoms with E-state index in [4.69, 9.17) is 0 Å². The quantitative estimate of drug-likeness (QED) is 0.387. The number of rotatable bonds is 2. The van der Waals surface area contributed by atoms with E-state index >= 15 is 0 Å². The minimum atomic E-state index is 1.12. The lowest BCUT2D eigenvalue weighted by Crippen LogP contribution is -2.26. The SMILES string of the molecule is CCC[N+]12CCCC1C2. The molecule has 2 atom stereocenters. The van der Waals surface area contributed by atoms with Crippen molar-refractivity contribution in [1.29, 1.82) is 0 Å². The summed E-state index contributed by atoms with van der Waals surface area (Å²) in [4.78, 5) is 0. The van der Waals surface area contributed by atoms with E-state index in [-0.39, 0.29) is 0 Å². The van der Waals surface area contributed by atoms with E-state index in [1.165, 1.54) is 43.4 Å². The van der Waals surface area contributed by atoms with Crippen LogP contribution in [0.2, 0.25) is 0 Å². The zero-order valence-corrected chi connectivity index (χ0v) is 6.27. The summed E-state index contributed by atoms with van der Waals surface area (Å²) in [6.45, 7) is 6.79. The van der Waals surface area contributed by atoms with Gasteiger partial charge in [0.2, 0.25) is 0 Å². The molecule has 0 aromatic rings. The highest BCUT2D eigenvalue weighted by Gasteiger charge is 2.56. The van der Waals surface area contributed by atoms with Crippen LogP contribution in [0.3, 0.4) is 0 Å². The van der Waals surface area contributed by atoms with Gasteiger partial charge < -0.3 is 4.48 Å². The summed E-state index contributed by atoms with van der Waals surface area (Å²) < 4.78 is 1.51. The lowest BCUT2D eigenvalue weighted by molar-refractivity contribution is -0.803. The van der Waals surface area contributed by atoms with E-state index in [0.717, 1.165) is 6.04 Å². The van der Waals surface area contributed by atoms with Crippen LogP contribution in [0.4, 0.5) is 0 Å². The first-order valence-electron chi connectivity index (χ1n) is 4.23. The molecule has 0 amide bonds. The summed E-state index contributed by atoms with van der Waals surface area (Å²) in [5, 5.41) is 0. The van der Waals surface area contributed by atoms with Crippen LogP contribution in [-0.4, -0.2) is 30.2 Å². The lowest BCUT2D eigenvalue weighted by atomic mass is 10.3. The highest BCUT2D eigenvalue weighted by molar-refractivity contribution is 4.80. The Morgan fingerprint density at radius 2 is 2.44 bits per heavy atom. The molecule has 0 bridgehead atoms. The molecule has 9 heavy (non-hydrogen) atoms. The van der Waals surface area contributed by atoms with Gasteiger partial charge in [-0.1, -0.05) is 6.92 Å². The van der Waals surface area contributed by atoms with Crippen molar-refractivity contribution in [2.75, 3.05) is 19.6 Å². The van der Waals surface area contributed by atoms with Crippen molar-refractivity contribution in [1.82, 2.24) is 0 Å². The van der Waals surface area contributed by atoms with Gasteiger partial charge in [0.15, 0.2) is 0 Å². The molecule has 52 valence electrons. The van der Waals surface area contributed by atoms with Crippen molar-refractivity contribution in [2.45, 2.75) is 32.2 Å². The van der Waals surface area contributed by atoms with Gasteiger partial charge in [0.05, 0.1) is 13.1 Å². The van der Waals surface area contributed by atoms with E-state index in [1.807, 2.05) is 0 Å². The maximum atomic E-state index is 2.31. The second-order valence-electron chi connectivity index (χ2n) is 3.64. The molecule has 2 rings (SSSR count). The molecule has 0 aliphatic carbocycles. The molecule has 2 saturated heterocycles. The summed E-state index contributed by atoms with van der Waals surface area (Å²) in [5.74, 6) is 0. The van der Waals surface area contributed by atoms with Crippen molar-refractivity contribution in [3.8, 4) is 0 Å². The molecule has 2 aliphatic rings. The highest BCUT2D eigenvalue weighted by Crippen LogP contribution is 2.40. The van der Waals surface area contributed by atoms with Gasteiger partial charge in [0.1, 0.15) is 12.6 Å². The fourth-order valence-electron chi connectivity index (χ4n) is 2.48. The van der Waals surface area contributed by atoms with Crippen LogP contribution in [-0.2, 0) is 0 Å². The van der Waals surface area contributed by atoms with Crippen LogP contribution in [0.25, 0.3) is 0 Å². The average Bonchev–Trinajstić information content (AvgIpc) is 2.37. The molecule has 2 fully saturated rings. The zero-order valence-electron chi connectivity index (χ0n) is 6.27. The Bertz CT molecular complexity index is 122.